The molecule has 5 heteroatoms. The van der Waals surface area contributed by atoms with Crippen molar-refractivity contribution in [2.75, 3.05) is 13.7 Å². The van der Waals surface area contributed by atoms with Crippen molar-refractivity contribution in [3.8, 4) is 11.5 Å². The minimum absolute atomic E-state index is 0.308. The molecule has 0 atom stereocenters. The van der Waals surface area contributed by atoms with E-state index in [1.54, 1.807) is 7.11 Å². The van der Waals surface area contributed by atoms with Crippen molar-refractivity contribution in [2.24, 2.45) is 0 Å². The molecule has 1 heterocycles. The van der Waals surface area contributed by atoms with Crippen LogP contribution in [-0.2, 0) is 18.6 Å². The molecule has 0 bridgehead atoms. The van der Waals surface area contributed by atoms with Crippen molar-refractivity contribution < 1.29 is 14.0 Å². The van der Waals surface area contributed by atoms with E-state index in [0.29, 0.717) is 12.0 Å². The first-order valence-corrected chi connectivity index (χ1v) is 10.1. The van der Waals surface area contributed by atoms with Gasteiger partial charge in [0, 0.05) is 18.5 Å². The number of aromatic nitrogens is 1. The second-order valence-electron chi connectivity index (χ2n) is 7.83. The summed E-state index contributed by atoms with van der Waals surface area (Å²) in [6.45, 7) is 6.02. The highest BCUT2D eigenvalue weighted by Crippen LogP contribution is 2.47. The molecule has 0 saturated heterocycles. The topological polar surface area (TPSA) is 56.5 Å². The largest absolute Gasteiger partial charge is 0.493 e. The highest BCUT2D eigenvalue weighted by Gasteiger charge is 2.43. The molecule has 5 nitrogen and oxygen atoms in total. The number of nitrogens with one attached hydrogen (secondary N) is 1. The van der Waals surface area contributed by atoms with E-state index in [-0.39, 0.29) is 0 Å². The fourth-order valence-corrected chi connectivity index (χ4v) is 3.76. The Labute approximate surface area is 172 Å². The van der Waals surface area contributed by atoms with E-state index >= 15 is 0 Å². The van der Waals surface area contributed by atoms with Crippen molar-refractivity contribution in [2.45, 2.75) is 45.3 Å². The maximum absolute atomic E-state index is 5.97. The maximum Gasteiger partial charge on any atom is 0.161 e. The lowest BCUT2D eigenvalue weighted by Crippen LogP contribution is -2.26. The van der Waals surface area contributed by atoms with Crippen molar-refractivity contribution >= 4 is 0 Å². The molecule has 0 spiro atoms. The molecule has 1 aliphatic carbocycles. The number of benzene rings is 2. The summed E-state index contributed by atoms with van der Waals surface area (Å²) in [6, 6.07) is 16.9. The minimum atomic E-state index is 0.308. The van der Waals surface area contributed by atoms with Gasteiger partial charge in [0.2, 0.25) is 0 Å². The average molecular weight is 392 g/mol. The van der Waals surface area contributed by atoms with Gasteiger partial charge in [-0.3, -0.25) is 0 Å². The summed E-state index contributed by atoms with van der Waals surface area (Å²) in [5.41, 5.74) is 4.76. The van der Waals surface area contributed by atoms with Gasteiger partial charge in [0.15, 0.2) is 11.5 Å². The summed E-state index contributed by atoms with van der Waals surface area (Å²) in [5, 5.41) is 7.60. The Kier molecular flexibility index (Phi) is 5.58. The predicted octanol–water partition coefficient (Wildman–Crippen LogP) is 4.70. The summed E-state index contributed by atoms with van der Waals surface area (Å²) >= 11 is 0. The third-order valence-corrected chi connectivity index (χ3v) is 5.81. The van der Waals surface area contributed by atoms with E-state index in [9.17, 15) is 0 Å². The molecule has 1 saturated carbocycles. The molecular weight excluding hydrogens is 364 g/mol. The summed E-state index contributed by atoms with van der Waals surface area (Å²) < 4.78 is 16.7. The Morgan fingerprint density at radius 2 is 1.86 bits per heavy atom. The van der Waals surface area contributed by atoms with Gasteiger partial charge in [-0.15, -0.1) is 0 Å². The van der Waals surface area contributed by atoms with Gasteiger partial charge < -0.3 is 19.3 Å². The van der Waals surface area contributed by atoms with Crippen LogP contribution in [0.15, 0.2) is 53.1 Å². The number of hydrogen-bond acceptors (Lipinski definition) is 5. The zero-order chi connectivity index (χ0) is 20.3. The lowest BCUT2D eigenvalue weighted by Gasteiger charge is -2.17. The van der Waals surface area contributed by atoms with Gasteiger partial charge in [-0.1, -0.05) is 41.6 Å². The number of hydrogen-bond donors (Lipinski definition) is 1. The van der Waals surface area contributed by atoms with Crippen LogP contribution in [0.5, 0.6) is 11.5 Å². The van der Waals surface area contributed by atoms with E-state index < -0.39 is 0 Å². The molecular formula is C24H28N2O3. The van der Waals surface area contributed by atoms with Crippen LogP contribution in [0.4, 0.5) is 0 Å². The highest BCUT2D eigenvalue weighted by atomic mass is 16.5. The summed E-state index contributed by atoms with van der Waals surface area (Å²) in [4.78, 5) is 0. The monoisotopic (exact) mass is 392 g/mol. The number of rotatable bonds is 9. The van der Waals surface area contributed by atoms with E-state index in [1.807, 2.05) is 26.0 Å². The summed E-state index contributed by atoms with van der Waals surface area (Å²) in [7, 11) is 1.67. The summed E-state index contributed by atoms with van der Waals surface area (Å²) in [5.74, 6) is 2.24. The van der Waals surface area contributed by atoms with Crippen LogP contribution in [0, 0.1) is 13.8 Å². The molecule has 29 heavy (non-hydrogen) atoms. The number of aryl methyl sites for hydroxylation is 2. The molecule has 1 N–H and O–H groups in total. The highest BCUT2D eigenvalue weighted by molar-refractivity contribution is 5.43. The standard InChI is InChI=1S/C24H28N2O3/c1-17-21(18(2)29-26-17)15-28-22-10-9-19(13-23(22)27-3)14-25-16-24(11-12-24)20-7-5-4-6-8-20/h4-10,13,25H,11-12,14-16H2,1-3H3. The third-order valence-electron chi connectivity index (χ3n) is 5.81. The molecule has 0 amide bonds. The quantitative estimate of drug-likeness (QED) is 0.572. The molecule has 0 radical (unpaired) electrons. The number of methoxy groups -OCH3 is 1. The second-order valence-corrected chi connectivity index (χ2v) is 7.83. The van der Waals surface area contributed by atoms with Gasteiger partial charge >= 0.3 is 0 Å². The molecule has 3 aromatic rings. The van der Waals surface area contributed by atoms with Crippen LogP contribution < -0.4 is 14.8 Å². The lowest BCUT2D eigenvalue weighted by atomic mass is 9.96. The van der Waals surface area contributed by atoms with Crippen LogP contribution in [-0.4, -0.2) is 18.8 Å². The first-order valence-electron chi connectivity index (χ1n) is 10.1. The third kappa shape index (κ3) is 4.30. The van der Waals surface area contributed by atoms with E-state index in [0.717, 1.165) is 41.6 Å². The van der Waals surface area contributed by atoms with Crippen LogP contribution in [0.1, 0.15) is 41.0 Å². The first kappa shape index (κ1) is 19.5. The normalized spacial score (nSPS) is 14.6. The molecule has 0 unspecified atom stereocenters. The number of ether oxygens (including phenoxy) is 2. The fourth-order valence-electron chi connectivity index (χ4n) is 3.76. The van der Waals surface area contributed by atoms with Crippen LogP contribution >= 0.6 is 0 Å². The molecule has 152 valence electrons. The van der Waals surface area contributed by atoms with E-state index in [1.165, 1.54) is 24.0 Å². The average Bonchev–Trinajstić information content (AvgIpc) is 3.47. The molecule has 1 fully saturated rings. The SMILES string of the molecule is COc1cc(CNCC2(c3ccccc3)CC2)ccc1OCc1c(C)noc1C. The Bertz CT molecular complexity index is 942. The van der Waals surface area contributed by atoms with Gasteiger partial charge in [-0.05, 0) is 49.9 Å². The van der Waals surface area contributed by atoms with Crippen LogP contribution in [0.3, 0.4) is 0 Å². The Morgan fingerprint density at radius 3 is 2.52 bits per heavy atom. The van der Waals surface area contributed by atoms with Crippen LogP contribution in [0.25, 0.3) is 0 Å². The van der Waals surface area contributed by atoms with Crippen molar-refractivity contribution in [3.63, 3.8) is 0 Å². The Balaban J connectivity index is 1.36. The van der Waals surface area contributed by atoms with Crippen molar-refractivity contribution in [1.82, 2.24) is 10.5 Å². The van der Waals surface area contributed by atoms with Crippen LogP contribution in [0.2, 0.25) is 0 Å². The summed E-state index contributed by atoms with van der Waals surface area (Å²) in [6.07, 6.45) is 2.50. The van der Waals surface area contributed by atoms with Gasteiger partial charge in [-0.25, -0.2) is 0 Å². The lowest BCUT2D eigenvalue weighted by molar-refractivity contribution is 0.281. The smallest absolute Gasteiger partial charge is 0.161 e. The molecule has 2 aromatic carbocycles. The van der Waals surface area contributed by atoms with Gasteiger partial charge in [0.1, 0.15) is 12.4 Å². The molecule has 1 aliphatic rings. The zero-order valence-corrected chi connectivity index (χ0v) is 17.3. The number of nitrogens with zero attached hydrogens (tertiary/aromatic N) is 1. The predicted molar refractivity (Wildman–Crippen MR) is 112 cm³/mol. The first-order chi connectivity index (χ1) is 14.1. The maximum atomic E-state index is 5.97. The fraction of sp³-hybridized carbons (Fsp3) is 0.375. The minimum Gasteiger partial charge on any atom is -0.493 e. The van der Waals surface area contributed by atoms with Crippen molar-refractivity contribution in [1.29, 1.82) is 0 Å². The van der Waals surface area contributed by atoms with Gasteiger partial charge in [-0.2, -0.15) is 0 Å². The van der Waals surface area contributed by atoms with E-state index in [2.05, 4.69) is 46.9 Å². The van der Waals surface area contributed by atoms with Crippen molar-refractivity contribution in [3.05, 3.63) is 76.7 Å². The Hall–Kier alpha value is -2.79. The van der Waals surface area contributed by atoms with E-state index in [4.69, 9.17) is 14.0 Å². The molecule has 4 rings (SSSR count). The molecule has 1 aromatic heterocycles. The molecule has 0 aliphatic heterocycles. The Morgan fingerprint density at radius 1 is 1.07 bits per heavy atom. The zero-order valence-electron chi connectivity index (χ0n) is 17.3. The van der Waals surface area contributed by atoms with Gasteiger partial charge in [0.25, 0.3) is 0 Å². The second kappa shape index (κ2) is 8.29. The van der Waals surface area contributed by atoms with Gasteiger partial charge in [0.05, 0.1) is 18.4 Å².